The van der Waals surface area contributed by atoms with Crippen LogP contribution in [0.1, 0.15) is 20.7 Å². The minimum Gasteiger partial charge on any atom is -0.496 e. The molecule has 0 aliphatic carbocycles. The predicted octanol–water partition coefficient (Wildman–Crippen LogP) is 1.69. The van der Waals surface area contributed by atoms with Gasteiger partial charge in [0.1, 0.15) is 17.1 Å². The van der Waals surface area contributed by atoms with E-state index in [2.05, 4.69) is 0 Å². The Morgan fingerprint density at radius 3 is 2.94 bits per heavy atom. The van der Waals surface area contributed by atoms with Gasteiger partial charge in [-0.3, -0.25) is 9.59 Å². The van der Waals surface area contributed by atoms with E-state index in [1.54, 1.807) is 12.1 Å². The maximum atomic E-state index is 11.6. The van der Waals surface area contributed by atoms with Gasteiger partial charge in [-0.25, -0.2) is 0 Å². The average Bonchev–Trinajstić information content (AvgIpc) is 2.70. The Morgan fingerprint density at radius 2 is 2.31 bits per heavy atom. The van der Waals surface area contributed by atoms with Crippen molar-refractivity contribution in [3.8, 4) is 11.5 Å². The fourth-order valence-electron chi connectivity index (χ4n) is 1.65. The van der Waals surface area contributed by atoms with E-state index in [1.165, 1.54) is 7.11 Å². The molecule has 5 heteroatoms. The van der Waals surface area contributed by atoms with Crippen molar-refractivity contribution in [3.05, 3.63) is 23.3 Å². The second-order valence-corrected chi connectivity index (χ2v) is 3.56. The van der Waals surface area contributed by atoms with Crippen LogP contribution in [0.15, 0.2) is 12.1 Å². The lowest BCUT2D eigenvalue weighted by Gasteiger charge is -2.08. The number of methoxy groups -OCH3 is 1. The molecule has 1 aliphatic heterocycles. The number of fused-ring (bicyclic) bond motifs is 1. The van der Waals surface area contributed by atoms with E-state index in [0.29, 0.717) is 16.9 Å². The quantitative estimate of drug-likeness (QED) is 0.596. The van der Waals surface area contributed by atoms with Gasteiger partial charge >= 0.3 is 0 Å². The third-order valence-electron chi connectivity index (χ3n) is 2.39. The SMILES string of the molecule is COc1ccc(C(=O)CCl)c2c1C(=O)CO2. The molecule has 0 amide bonds. The molecule has 0 saturated carbocycles. The molecule has 84 valence electrons. The van der Waals surface area contributed by atoms with E-state index in [0.717, 1.165) is 0 Å². The van der Waals surface area contributed by atoms with Crippen LogP contribution >= 0.6 is 11.6 Å². The summed E-state index contributed by atoms with van der Waals surface area (Å²) in [6, 6.07) is 3.13. The number of ether oxygens (including phenoxy) is 2. The second kappa shape index (κ2) is 4.14. The van der Waals surface area contributed by atoms with Crippen molar-refractivity contribution in [3.63, 3.8) is 0 Å². The zero-order valence-corrected chi connectivity index (χ0v) is 9.34. The molecule has 0 atom stereocenters. The first-order chi connectivity index (χ1) is 7.69. The molecular weight excluding hydrogens is 232 g/mol. The smallest absolute Gasteiger partial charge is 0.207 e. The standard InChI is InChI=1S/C11H9ClO4/c1-15-9-3-2-6(7(13)4-12)11-10(9)8(14)5-16-11/h2-3H,4-5H2,1H3. The first kappa shape index (κ1) is 11.0. The molecule has 16 heavy (non-hydrogen) atoms. The summed E-state index contributed by atoms with van der Waals surface area (Å²) in [4.78, 5) is 23.1. The van der Waals surface area contributed by atoms with Gasteiger partial charge in [-0.15, -0.1) is 11.6 Å². The van der Waals surface area contributed by atoms with Crippen molar-refractivity contribution >= 4 is 23.2 Å². The Morgan fingerprint density at radius 1 is 1.56 bits per heavy atom. The summed E-state index contributed by atoms with van der Waals surface area (Å²) in [5.74, 6) is 0.112. The molecule has 1 heterocycles. The van der Waals surface area contributed by atoms with Crippen molar-refractivity contribution in [2.75, 3.05) is 19.6 Å². The van der Waals surface area contributed by atoms with Crippen LogP contribution in [0.25, 0.3) is 0 Å². The summed E-state index contributed by atoms with van der Waals surface area (Å²) in [5.41, 5.74) is 0.662. The highest BCUT2D eigenvalue weighted by molar-refractivity contribution is 6.31. The van der Waals surface area contributed by atoms with E-state index in [1.807, 2.05) is 0 Å². The molecule has 2 rings (SSSR count). The zero-order valence-electron chi connectivity index (χ0n) is 8.58. The van der Waals surface area contributed by atoms with Crippen molar-refractivity contribution in [2.24, 2.45) is 0 Å². The molecule has 0 unspecified atom stereocenters. The third-order valence-corrected chi connectivity index (χ3v) is 2.63. The van der Waals surface area contributed by atoms with Gasteiger partial charge in [0.2, 0.25) is 5.78 Å². The minimum atomic E-state index is -0.268. The molecule has 0 fully saturated rings. The normalized spacial score (nSPS) is 13.2. The third kappa shape index (κ3) is 1.55. The number of ketones is 2. The highest BCUT2D eigenvalue weighted by atomic mass is 35.5. The molecule has 0 bridgehead atoms. The molecule has 0 N–H and O–H groups in total. The highest BCUT2D eigenvalue weighted by Gasteiger charge is 2.30. The summed E-state index contributed by atoms with van der Waals surface area (Å²) in [7, 11) is 1.46. The number of halogens is 1. The Labute approximate surface area is 97.1 Å². The van der Waals surface area contributed by atoms with E-state index in [4.69, 9.17) is 21.1 Å². The number of benzene rings is 1. The van der Waals surface area contributed by atoms with Crippen LogP contribution in [0.2, 0.25) is 0 Å². The van der Waals surface area contributed by atoms with Gasteiger partial charge < -0.3 is 9.47 Å². The Hall–Kier alpha value is -1.55. The molecule has 1 aromatic rings. The largest absolute Gasteiger partial charge is 0.496 e. The lowest BCUT2D eigenvalue weighted by Crippen LogP contribution is -2.03. The maximum Gasteiger partial charge on any atom is 0.207 e. The van der Waals surface area contributed by atoms with Crippen LogP contribution in [0, 0.1) is 0 Å². The summed E-state index contributed by atoms with van der Waals surface area (Å²) in [6.07, 6.45) is 0. The number of hydrogen-bond acceptors (Lipinski definition) is 4. The van der Waals surface area contributed by atoms with Crippen LogP contribution < -0.4 is 9.47 Å². The van der Waals surface area contributed by atoms with Crippen LogP contribution in [-0.2, 0) is 0 Å². The fraction of sp³-hybridized carbons (Fsp3) is 0.273. The molecule has 1 aliphatic rings. The monoisotopic (exact) mass is 240 g/mol. The molecule has 0 saturated heterocycles. The van der Waals surface area contributed by atoms with E-state index in [-0.39, 0.29) is 29.8 Å². The summed E-state index contributed by atoms with van der Waals surface area (Å²) >= 11 is 5.48. The summed E-state index contributed by atoms with van der Waals surface area (Å²) in [6.45, 7) is -0.0573. The number of alkyl halides is 1. The van der Waals surface area contributed by atoms with Gasteiger partial charge in [-0.1, -0.05) is 0 Å². The molecule has 0 spiro atoms. The van der Waals surface area contributed by atoms with Crippen LogP contribution in [0.5, 0.6) is 11.5 Å². The molecule has 4 nitrogen and oxygen atoms in total. The van der Waals surface area contributed by atoms with Crippen LogP contribution in [0.3, 0.4) is 0 Å². The lowest BCUT2D eigenvalue weighted by atomic mass is 10.0. The molecular formula is C11H9ClO4. The maximum absolute atomic E-state index is 11.6. The summed E-state index contributed by atoms with van der Waals surface area (Å²) < 4.78 is 10.2. The summed E-state index contributed by atoms with van der Waals surface area (Å²) in [5, 5.41) is 0. The van der Waals surface area contributed by atoms with Crippen LogP contribution in [0.4, 0.5) is 0 Å². The van der Waals surface area contributed by atoms with Gasteiger partial charge in [0, 0.05) is 0 Å². The van der Waals surface area contributed by atoms with E-state index < -0.39 is 0 Å². The average molecular weight is 241 g/mol. The Balaban J connectivity index is 2.61. The molecule has 0 radical (unpaired) electrons. The van der Waals surface area contributed by atoms with Crippen molar-refractivity contribution in [1.82, 2.24) is 0 Å². The minimum absolute atomic E-state index is 0.0573. The highest BCUT2D eigenvalue weighted by Crippen LogP contribution is 2.36. The molecule has 1 aromatic carbocycles. The number of Topliss-reactive ketones (excluding diaryl/α,β-unsaturated/α-hetero) is 2. The van der Waals surface area contributed by atoms with Gasteiger partial charge in [0.05, 0.1) is 18.6 Å². The number of carbonyl (C=O) groups excluding carboxylic acids is 2. The number of rotatable bonds is 3. The van der Waals surface area contributed by atoms with Crippen molar-refractivity contribution in [2.45, 2.75) is 0 Å². The topological polar surface area (TPSA) is 52.6 Å². The Kier molecular flexibility index (Phi) is 2.83. The fourth-order valence-corrected chi connectivity index (χ4v) is 1.79. The first-order valence-corrected chi connectivity index (χ1v) is 5.18. The Bertz CT molecular complexity index is 467. The number of carbonyl (C=O) groups is 2. The first-order valence-electron chi connectivity index (χ1n) is 4.65. The van der Waals surface area contributed by atoms with Crippen molar-refractivity contribution in [1.29, 1.82) is 0 Å². The van der Waals surface area contributed by atoms with E-state index in [9.17, 15) is 9.59 Å². The van der Waals surface area contributed by atoms with Gasteiger partial charge in [-0.2, -0.15) is 0 Å². The van der Waals surface area contributed by atoms with E-state index >= 15 is 0 Å². The van der Waals surface area contributed by atoms with Crippen LogP contribution in [-0.4, -0.2) is 31.2 Å². The lowest BCUT2D eigenvalue weighted by molar-refractivity contribution is 0.0954. The van der Waals surface area contributed by atoms with Gasteiger partial charge in [0.25, 0.3) is 0 Å². The van der Waals surface area contributed by atoms with Gasteiger partial charge in [0.15, 0.2) is 12.4 Å². The van der Waals surface area contributed by atoms with Gasteiger partial charge in [-0.05, 0) is 12.1 Å². The second-order valence-electron chi connectivity index (χ2n) is 3.29. The zero-order chi connectivity index (χ0) is 11.7. The predicted molar refractivity (Wildman–Crippen MR) is 57.9 cm³/mol. The van der Waals surface area contributed by atoms with Crippen molar-refractivity contribution < 1.29 is 19.1 Å². The number of hydrogen-bond donors (Lipinski definition) is 0. The molecule has 0 aromatic heterocycles.